The number of hydrogen-bond donors (Lipinski definition) is 1. The average molecular weight is 325 g/mol. The summed E-state index contributed by atoms with van der Waals surface area (Å²) in [5, 5.41) is 3.73. The Labute approximate surface area is 125 Å². The van der Waals surface area contributed by atoms with Crippen molar-refractivity contribution in [3.63, 3.8) is 0 Å². The molecule has 1 aliphatic rings. The summed E-state index contributed by atoms with van der Waals surface area (Å²) in [7, 11) is 4.44. The largest absolute Gasteiger partial charge is 0.308 e. The molecule has 0 radical (unpaired) electrons. The summed E-state index contributed by atoms with van der Waals surface area (Å²) in [5.74, 6) is 0. The summed E-state index contributed by atoms with van der Waals surface area (Å²) < 4.78 is 1.19. The van der Waals surface area contributed by atoms with Crippen LogP contribution in [-0.4, -0.2) is 31.1 Å². The first-order valence-electron chi connectivity index (χ1n) is 7.20. The van der Waals surface area contributed by atoms with Crippen molar-refractivity contribution in [2.24, 2.45) is 0 Å². The zero-order valence-corrected chi connectivity index (χ0v) is 13.8. The highest BCUT2D eigenvalue weighted by molar-refractivity contribution is 9.10. The lowest BCUT2D eigenvalue weighted by atomic mass is 9.95. The van der Waals surface area contributed by atoms with Crippen LogP contribution in [0.5, 0.6) is 0 Å². The molecule has 0 spiro atoms. The van der Waals surface area contributed by atoms with Gasteiger partial charge in [-0.25, -0.2) is 0 Å². The van der Waals surface area contributed by atoms with Crippen molar-refractivity contribution in [2.45, 2.75) is 44.2 Å². The van der Waals surface area contributed by atoms with Gasteiger partial charge in [0, 0.05) is 22.6 Å². The third-order valence-electron chi connectivity index (χ3n) is 4.59. The molecule has 106 valence electrons. The van der Waals surface area contributed by atoms with Gasteiger partial charge in [0.15, 0.2) is 0 Å². The van der Waals surface area contributed by atoms with Crippen LogP contribution in [0.1, 0.15) is 44.2 Å². The number of rotatable bonds is 5. The minimum atomic E-state index is 0.357. The van der Waals surface area contributed by atoms with Gasteiger partial charge >= 0.3 is 0 Å². The second-order valence-corrected chi connectivity index (χ2v) is 6.80. The summed E-state index contributed by atoms with van der Waals surface area (Å²) in [6, 6.07) is 8.87. The van der Waals surface area contributed by atoms with Crippen LogP contribution in [0.4, 0.5) is 0 Å². The number of hydrogen-bond acceptors (Lipinski definition) is 2. The summed E-state index contributed by atoms with van der Waals surface area (Å²) in [5.41, 5.74) is 1.70. The third kappa shape index (κ3) is 3.39. The number of benzene rings is 1. The zero-order valence-electron chi connectivity index (χ0n) is 12.2. The first kappa shape index (κ1) is 15.0. The highest BCUT2D eigenvalue weighted by Crippen LogP contribution is 2.34. The molecule has 0 amide bonds. The van der Waals surface area contributed by atoms with Gasteiger partial charge in [-0.05, 0) is 45.5 Å². The van der Waals surface area contributed by atoms with Crippen LogP contribution in [0.2, 0.25) is 0 Å². The molecule has 3 heteroatoms. The highest BCUT2D eigenvalue weighted by atomic mass is 79.9. The van der Waals surface area contributed by atoms with E-state index in [-0.39, 0.29) is 0 Å². The molecule has 19 heavy (non-hydrogen) atoms. The quantitative estimate of drug-likeness (QED) is 0.881. The second kappa shape index (κ2) is 6.38. The molecule has 1 atom stereocenters. The molecule has 1 aliphatic carbocycles. The normalized spacial score (nSPS) is 19.8. The van der Waals surface area contributed by atoms with Gasteiger partial charge in [-0.2, -0.15) is 0 Å². The fourth-order valence-corrected chi connectivity index (χ4v) is 3.72. The SMILES string of the molecule is CC(NCC1(N(C)C)CCCC1)c1ccccc1Br. The Kier molecular flexibility index (Phi) is 5.04. The van der Waals surface area contributed by atoms with Gasteiger partial charge in [0.2, 0.25) is 0 Å². The lowest BCUT2D eigenvalue weighted by molar-refractivity contribution is 0.150. The molecule has 1 fully saturated rings. The molecule has 1 saturated carbocycles. The molecule has 0 aliphatic heterocycles. The van der Waals surface area contributed by atoms with E-state index in [1.54, 1.807) is 0 Å². The Morgan fingerprint density at radius 3 is 2.47 bits per heavy atom. The molecule has 1 aromatic carbocycles. The van der Waals surface area contributed by atoms with E-state index >= 15 is 0 Å². The standard InChI is InChI=1S/C16H25BrN2/c1-13(14-8-4-5-9-15(14)17)18-12-16(19(2)3)10-6-7-11-16/h4-5,8-9,13,18H,6-7,10-12H2,1-3H3. The van der Waals surface area contributed by atoms with Crippen LogP contribution in [0.3, 0.4) is 0 Å². The minimum Gasteiger partial charge on any atom is -0.308 e. The van der Waals surface area contributed by atoms with E-state index in [4.69, 9.17) is 0 Å². The molecule has 1 unspecified atom stereocenters. The van der Waals surface area contributed by atoms with E-state index < -0.39 is 0 Å². The Morgan fingerprint density at radius 1 is 1.26 bits per heavy atom. The molecule has 2 nitrogen and oxygen atoms in total. The Balaban J connectivity index is 2.00. The third-order valence-corrected chi connectivity index (χ3v) is 5.31. The van der Waals surface area contributed by atoms with Crippen molar-refractivity contribution in [1.82, 2.24) is 10.2 Å². The molecule has 1 N–H and O–H groups in total. The summed E-state index contributed by atoms with van der Waals surface area (Å²) in [6.07, 6.45) is 5.36. The van der Waals surface area contributed by atoms with E-state index in [1.165, 1.54) is 35.7 Å². The van der Waals surface area contributed by atoms with Crippen molar-refractivity contribution in [3.05, 3.63) is 34.3 Å². The van der Waals surface area contributed by atoms with Gasteiger partial charge in [-0.1, -0.05) is 47.0 Å². The van der Waals surface area contributed by atoms with Crippen LogP contribution in [0.15, 0.2) is 28.7 Å². The maximum Gasteiger partial charge on any atom is 0.0328 e. The first-order valence-corrected chi connectivity index (χ1v) is 8.00. The summed E-state index contributed by atoms with van der Waals surface area (Å²) >= 11 is 3.64. The van der Waals surface area contributed by atoms with Gasteiger partial charge in [0.05, 0.1) is 0 Å². The molecular weight excluding hydrogens is 300 g/mol. The lowest BCUT2D eigenvalue weighted by Crippen LogP contribution is -2.50. The maximum absolute atomic E-state index is 3.73. The number of likely N-dealkylation sites (N-methyl/N-ethyl adjacent to an activating group) is 1. The second-order valence-electron chi connectivity index (χ2n) is 5.95. The fraction of sp³-hybridized carbons (Fsp3) is 0.625. The molecule has 2 rings (SSSR count). The fourth-order valence-electron chi connectivity index (χ4n) is 3.09. The van der Waals surface area contributed by atoms with E-state index in [0.717, 1.165) is 6.54 Å². The number of halogens is 1. The average Bonchev–Trinajstić information content (AvgIpc) is 2.86. The molecular formula is C16H25BrN2. The Hall–Kier alpha value is -0.380. The van der Waals surface area contributed by atoms with Gasteiger partial charge < -0.3 is 10.2 Å². The predicted octanol–water partition coefficient (Wildman–Crippen LogP) is 3.97. The minimum absolute atomic E-state index is 0.357. The van der Waals surface area contributed by atoms with Gasteiger partial charge in [-0.15, -0.1) is 0 Å². The van der Waals surface area contributed by atoms with Crippen LogP contribution >= 0.6 is 15.9 Å². The smallest absolute Gasteiger partial charge is 0.0328 e. The van der Waals surface area contributed by atoms with Crippen molar-refractivity contribution in [1.29, 1.82) is 0 Å². The summed E-state index contributed by atoms with van der Waals surface area (Å²) in [4.78, 5) is 2.42. The molecule has 0 bridgehead atoms. The van der Waals surface area contributed by atoms with Gasteiger partial charge in [0.1, 0.15) is 0 Å². The predicted molar refractivity (Wildman–Crippen MR) is 85.4 cm³/mol. The molecule has 0 heterocycles. The van der Waals surface area contributed by atoms with E-state index in [2.05, 4.69) is 71.4 Å². The van der Waals surface area contributed by atoms with Crippen molar-refractivity contribution < 1.29 is 0 Å². The lowest BCUT2D eigenvalue weighted by Gasteiger charge is -2.37. The van der Waals surface area contributed by atoms with Crippen molar-refractivity contribution >= 4 is 15.9 Å². The molecule has 0 aromatic heterocycles. The topological polar surface area (TPSA) is 15.3 Å². The Morgan fingerprint density at radius 2 is 1.89 bits per heavy atom. The number of nitrogens with one attached hydrogen (secondary N) is 1. The van der Waals surface area contributed by atoms with Crippen molar-refractivity contribution in [3.8, 4) is 0 Å². The van der Waals surface area contributed by atoms with Crippen LogP contribution in [-0.2, 0) is 0 Å². The van der Waals surface area contributed by atoms with E-state index in [1.807, 2.05) is 0 Å². The maximum atomic E-state index is 3.73. The van der Waals surface area contributed by atoms with Crippen LogP contribution in [0.25, 0.3) is 0 Å². The van der Waals surface area contributed by atoms with Gasteiger partial charge in [-0.3, -0.25) is 0 Å². The monoisotopic (exact) mass is 324 g/mol. The number of nitrogens with zero attached hydrogens (tertiary/aromatic N) is 1. The summed E-state index contributed by atoms with van der Waals surface area (Å²) in [6.45, 7) is 3.32. The zero-order chi connectivity index (χ0) is 13.9. The van der Waals surface area contributed by atoms with E-state index in [9.17, 15) is 0 Å². The van der Waals surface area contributed by atoms with E-state index in [0.29, 0.717) is 11.6 Å². The molecule has 1 aromatic rings. The first-order chi connectivity index (χ1) is 9.05. The van der Waals surface area contributed by atoms with Crippen LogP contribution < -0.4 is 5.32 Å². The highest BCUT2D eigenvalue weighted by Gasteiger charge is 2.35. The molecule has 0 saturated heterocycles. The van der Waals surface area contributed by atoms with Gasteiger partial charge in [0.25, 0.3) is 0 Å². The van der Waals surface area contributed by atoms with Crippen molar-refractivity contribution in [2.75, 3.05) is 20.6 Å². The Bertz CT molecular complexity index is 411. The van der Waals surface area contributed by atoms with Crippen LogP contribution in [0, 0.1) is 0 Å².